The fourth-order valence-corrected chi connectivity index (χ4v) is 2.68. The van der Waals surface area contributed by atoms with Crippen LogP contribution in [0.15, 0.2) is 34.7 Å². The number of benzene rings is 1. The topological polar surface area (TPSA) is 41.9 Å². The van der Waals surface area contributed by atoms with E-state index in [1.165, 1.54) is 5.56 Å². The van der Waals surface area contributed by atoms with Crippen LogP contribution in [0.3, 0.4) is 0 Å². The summed E-state index contributed by atoms with van der Waals surface area (Å²) < 4.78 is 22.0. The Morgan fingerprint density at radius 3 is 2.43 bits per heavy atom. The van der Waals surface area contributed by atoms with Crippen LogP contribution in [0.5, 0.6) is 0 Å². The molecule has 0 radical (unpaired) electrons. The zero-order valence-corrected chi connectivity index (χ0v) is 13.9. The fourth-order valence-electron chi connectivity index (χ4n) is 2.03. The molecule has 1 aromatic carbocycles. The molecule has 1 fully saturated rings. The van der Waals surface area contributed by atoms with E-state index in [9.17, 15) is 4.21 Å². The van der Waals surface area contributed by atoms with Crippen molar-refractivity contribution in [2.24, 2.45) is 4.40 Å². The molecule has 2 rings (SSSR count). The van der Waals surface area contributed by atoms with E-state index < -0.39 is 11.0 Å². The van der Waals surface area contributed by atoms with Gasteiger partial charge >= 0.3 is 0 Å². The Morgan fingerprint density at radius 2 is 1.86 bits per heavy atom. The smallest absolute Gasteiger partial charge is 0.146 e. The summed E-state index contributed by atoms with van der Waals surface area (Å²) in [5.74, 6) is 0.901. The molecule has 0 saturated carbocycles. The lowest BCUT2D eigenvalue weighted by molar-refractivity contribution is 0.0675. The van der Waals surface area contributed by atoms with Crippen molar-refractivity contribution >= 4 is 16.8 Å². The number of hydrogen-bond acceptors (Lipinski definition) is 2. The summed E-state index contributed by atoms with van der Waals surface area (Å²) in [7, 11) is -1.24. The molecule has 116 valence electrons. The predicted octanol–water partition coefficient (Wildman–Crippen LogP) is 2.42. The Morgan fingerprint density at radius 1 is 1.24 bits per heavy atom. The molecule has 1 aliphatic heterocycles. The third-order valence-electron chi connectivity index (χ3n) is 3.29. The van der Waals surface area contributed by atoms with E-state index in [1.54, 1.807) is 0 Å². The summed E-state index contributed by atoms with van der Waals surface area (Å²) in [6, 6.07) is 10.2. The number of amidine groups is 1. The largest absolute Gasteiger partial charge is 0.378 e. The van der Waals surface area contributed by atoms with Crippen LogP contribution in [0.4, 0.5) is 0 Å². The van der Waals surface area contributed by atoms with E-state index in [0.29, 0.717) is 19.6 Å². The maximum absolute atomic E-state index is 12.4. The summed E-state index contributed by atoms with van der Waals surface area (Å²) in [6.07, 6.45) is 0.711. The first-order valence-corrected chi connectivity index (χ1v) is 8.43. The van der Waals surface area contributed by atoms with Gasteiger partial charge in [0.1, 0.15) is 16.8 Å². The van der Waals surface area contributed by atoms with Gasteiger partial charge in [-0.3, -0.25) is 0 Å². The van der Waals surface area contributed by atoms with Crippen molar-refractivity contribution in [3.63, 3.8) is 0 Å². The van der Waals surface area contributed by atoms with Gasteiger partial charge in [0.15, 0.2) is 0 Å². The zero-order chi connectivity index (χ0) is 15.3. The monoisotopic (exact) mass is 308 g/mol. The molecule has 1 atom stereocenters. The predicted molar refractivity (Wildman–Crippen MR) is 87.9 cm³/mol. The highest BCUT2D eigenvalue weighted by molar-refractivity contribution is 7.85. The normalized spacial score (nSPS) is 18.6. The van der Waals surface area contributed by atoms with E-state index in [1.807, 2.05) is 39.0 Å². The van der Waals surface area contributed by atoms with Crippen molar-refractivity contribution < 1.29 is 8.95 Å². The molecular weight excluding hydrogens is 284 g/mol. The zero-order valence-electron chi connectivity index (χ0n) is 13.0. The number of rotatable bonds is 3. The lowest BCUT2D eigenvalue weighted by Crippen LogP contribution is -2.42. The molecule has 1 saturated heterocycles. The van der Waals surface area contributed by atoms with E-state index >= 15 is 0 Å². The van der Waals surface area contributed by atoms with Crippen molar-refractivity contribution in [2.45, 2.75) is 31.9 Å². The van der Waals surface area contributed by atoms with E-state index in [2.05, 4.69) is 21.4 Å². The average molecular weight is 308 g/mol. The lowest BCUT2D eigenvalue weighted by atomic mass is 10.1. The van der Waals surface area contributed by atoms with Crippen LogP contribution in [-0.4, -0.2) is 46.0 Å². The Labute approximate surface area is 129 Å². The highest BCUT2D eigenvalue weighted by Crippen LogP contribution is 2.15. The Balaban J connectivity index is 2.21. The molecule has 4 nitrogen and oxygen atoms in total. The molecular formula is C16H24N2O2S. The van der Waals surface area contributed by atoms with Gasteiger partial charge in [0.25, 0.3) is 0 Å². The Kier molecular flexibility index (Phi) is 5.53. The van der Waals surface area contributed by atoms with Crippen LogP contribution in [0.1, 0.15) is 26.3 Å². The minimum Gasteiger partial charge on any atom is -0.378 e. The minimum absolute atomic E-state index is 0.339. The number of hydrogen-bond donors (Lipinski definition) is 0. The third-order valence-corrected chi connectivity index (χ3v) is 4.72. The molecule has 0 aromatic heterocycles. The Bertz CT molecular complexity index is 503. The first-order valence-electron chi connectivity index (χ1n) is 7.33. The summed E-state index contributed by atoms with van der Waals surface area (Å²) >= 11 is 0. The van der Waals surface area contributed by atoms with Crippen LogP contribution in [0.2, 0.25) is 0 Å². The molecule has 0 N–H and O–H groups in total. The van der Waals surface area contributed by atoms with Gasteiger partial charge in [0, 0.05) is 19.5 Å². The average Bonchev–Trinajstić information content (AvgIpc) is 2.47. The number of ether oxygens (including phenoxy) is 1. The van der Waals surface area contributed by atoms with Gasteiger partial charge in [-0.05, 0) is 26.3 Å². The SMILES string of the molecule is CC(C)(C)S(=O)/N=C(/Cc1ccccc1)N1CCOCC1. The summed E-state index contributed by atoms with van der Waals surface area (Å²) in [4.78, 5) is 2.19. The van der Waals surface area contributed by atoms with Gasteiger partial charge < -0.3 is 9.64 Å². The maximum Gasteiger partial charge on any atom is 0.146 e. The molecule has 0 spiro atoms. The molecule has 1 unspecified atom stereocenters. The highest BCUT2D eigenvalue weighted by atomic mass is 32.2. The van der Waals surface area contributed by atoms with Gasteiger partial charge in [-0.25, -0.2) is 4.21 Å². The second-order valence-electron chi connectivity index (χ2n) is 6.13. The van der Waals surface area contributed by atoms with Gasteiger partial charge in [0.2, 0.25) is 0 Å². The van der Waals surface area contributed by atoms with Crippen molar-refractivity contribution in [1.29, 1.82) is 0 Å². The van der Waals surface area contributed by atoms with Crippen molar-refractivity contribution in [1.82, 2.24) is 4.90 Å². The summed E-state index contributed by atoms with van der Waals surface area (Å²) in [5.41, 5.74) is 1.19. The maximum atomic E-state index is 12.4. The summed E-state index contributed by atoms with van der Waals surface area (Å²) in [5, 5.41) is 0. The first-order chi connectivity index (χ1) is 9.97. The number of nitrogens with zero attached hydrogens (tertiary/aromatic N) is 2. The van der Waals surface area contributed by atoms with Gasteiger partial charge in [0.05, 0.1) is 18.0 Å². The second kappa shape index (κ2) is 7.18. The molecule has 1 aliphatic rings. The van der Waals surface area contributed by atoms with Crippen LogP contribution in [0, 0.1) is 0 Å². The minimum atomic E-state index is -1.24. The van der Waals surface area contributed by atoms with Crippen LogP contribution in [-0.2, 0) is 22.1 Å². The molecule has 1 aromatic rings. The fraction of sp³-hybridized carbons (Fsp3) is 0.562. The highest BCUT2D eigenvalue weighted by Gasteiger charge is 2.22. The molecule has 1 heterocycles. The molecule has 5 heteroatoms. The van der Waals surface area contributed by atoms with Gasteiger partial charge in [-0.15, -0.1) is 0 Å². The van der Waals surface area contributed by atoms with Crippen molar-refractivity contribution in [3.05, 3.63) is 35.9 Å². The summed E-state index contributed by atoms with van der Waals surface area (Å²) in [6.45, 7) is 8.89. The van der Waals surface area contributed by atoms with E-state index in [4.69, 9.17) is 4.74 Å². The standard InChI is InChI=1S/C16H24N2O2S/c1-16(2,3)21(19)17-15(18-9-11-20-12-10-18)13-14-7-5-4-6-8-14/h4-8H,9-13H2,1-3H3/b17-15-. The Hall–Kier alpha value is -1.20. The lowest BCUT2D eigenvalue weighted by Gasteiger charge is -2.30. The van der Waals surface area contributed by atoms with Crippen LogP contribution in [0.25, 0.3) is 0 Å². The van der Waals surface area contributed by atoms with Gasteiger partial charge in [-0.1, -0.05) is 30.3 Å². The van der Waals surface area contributed by atoms with E-state index in [0.717, 1.165) is 18.9 Å². The first kappa shape index (κ1) is 16.2. The van der Waals surface area contributed by atoms with Crippen molar-refractivity contribution in [3.8, 4) is 0 Å². The quantitative estimate of drug-likeness (QED) is 0.636. The molecule has 0 amide bonds. The third kappa shape index (κ3) is 4.93. The van der Waals surface area contributed by atoms with E-state index in [-0.39, 0.29) is 4.75 Å². The van der Waals surface area contributed by atoms with Crippen LogP contribution >= 0.6 is 0 Å². The molecule has 0 aliphatic carbocycles. The molecule has 0 bridgehead atoms. The second-order valence-corrected chi connectivity index (χ2v) is 8.04. The van der Waals surface area contributed by atoms with Crippen molar-refractivity contribution in [2.75, 3.05) is 26.3 Å². The number of morpholine rings is 1. The van der Waals surface area contributed by atoms with Gasteiger partial charge in [-0.2, -0.15) is 4.40 Å². The molecule has 21 heavy (non-hydrogen) atoms. The van der Waals surface area contributed by atoms with Crippen LogP contribution < -0.4 is 0 Å².